The van der Waals surface area contributed by atoms with E-state index in [0.29, 0.717) is 35.7 Å². The molecular formula is C27H20F3N4O4+. The lowest BCUT2D eigenvalue weighted by Crippen LogP contribution is -2.52. The van der Waals surface area contributed by atoms with Gasteiger partial charge in [0.05, 0.1) is 12.2 Å². The molecule has 0 radical (unpaired) electrons. The van der Waals surface area contributed by atoms with Crippen molar-refractivity contribution in [2.24, 2.45) is 5.73 Å². The van der Waals surface area contributed by atoms with Gasteiger partial charge < -0.3 is 15.4 Å². The van der Waals surface area contributed by atoms with Crippen molar-refractivity contribution in [2.75, 3.05) is 18.1 Å². The van der Waals surface area contributed by atoms with Crippen LogP contribution in [0.5, 0.6) is 5.75 Å². The number of nitrogens with zero attached hydrogens (tertiary/aromatic N) is 3. The monoisotopic (exact) mass is 521 g/mol. The predicted molar refractivity (Wildman–Crippen MR) is 131 cm³/mol. The lowest BCUT2D eigenvalue weighted by molar-refractivity contribution is -0.392. The van der Waals surface area contributed by atoms with E-state index in [9.17, 15) is 27.6 Å². The molecule has 0 atom stereocenters. The van der Waals surface area contributed by atoms with E-state index in [4.69, 9.17) is 10.5 Å². The summed E-state index contributed by atoms with van der Waals surface area (Å²) in [5, 5.41) is 0. The van der Waals surface area contributed by atoms with Crippen LogP contribution in [-0.4, -0.2) is 39.8 Å². The standard InChI is InChI=1S/C27H19F3N4O4/c28-27(29,30)16-1-8-22(35)33(14-16)18-4-2-17(3-5-18)32-11-9-20-23(25(31)36)34(24(20)26(32)37)19-6-7-21-15(13-19)10-12-38-21/h1-8,13-14H,9-12H2,(H-,31,36)/p+1. The zero-order valence-corrected chi connectivity index (χ0v) is 19.8. The van der Waals surface area contributed by atoms with E-state index in [2.05, 4.69) is 0 Å². The summed E-state index contributed by atoms with van der Waals surface area (Å²) < 4.78 is 47.4. The number of alkyl halides is 3. The first kappa shape index (κ1) is 23.7. The number of hydrogen-bond donors (Lipinski definition) is 1. The number of hydrogen-bond acceptors (Lipinski definition) is 4. The van der Waals surface area contributed by atoms with E-state index in [-0.39, 0.29) is 23.8 Å². The number of carbonyl (C=O) groups excluding carboxylic acids is 2. The van der Waals surface area contributed by atoms with Crippen molar-refractivity contribution < 1.29 is 32.1 Å². The van der Waals surface area contributed by atoms with Crippen molar-refractivity contribution in [2.45, 2.75) is 19.0 Å². The van der Waals surface area contributed by atoms with Gasteiger partial charge in [-0.15, -0.1) is 4.58 Å². The minimum Gasteiger partial charge on any atom is -0.493 e. The molecule has 6 rings (SSSR count). The van der Waals surface area contributed by atoms with Crippen LogP contribution in [0.3, 0.4) is 0 Å². The molecule has 0 spiro atoms. The molecule has 4 heterocycles. The van der Waals surface area contributed by atoms with Gasteiger partial charge in [0, 0.05) is 60.7 Å². The summed E-state index contributed by atoms with van der Waals surface area (Å²) >= 11 is 0. The quantitative estimate of drug-likeness (QED) is 0.534. The number of ether oxygens (including phenoxy) is 1. The maximum Gasteiger partial charge on any atom is 0.417 e. The van der Waals surface area contributed by atoms with Gasteiger partial charge >= 0.3 is 18.0 Å². The predicted octanol–water partition coefficient (Wildman–Crippen LogP) is 3.07. The van der Waals surface area contributed by atoms with Crippen molar-refractivity contribution in [3.8, 4) is 11.4 Å². The number of carbonyl (C=O) groups is 2. The molecule has 3 aliphatic heterocycles. The fourth-order valence-electron chi connectivity index (χ4n) is 5.08. The zero-order chi connectivity index (χ0) is 26.8. The van der Waals surface area contributed by atoms with Crippen molar-refractivity contribution >= 4 is 28.9 Å². The van der Waals surface area contributed by atoms with Gasteiger partial charge in [-0.05, 0) is 36.4 Å². The first-order valence-corrected chi connectivity index (χ1v) is 11.8. The number of aromatic nitrogens is 1. The summed E-state index contributed by atoms with van der Waals surface area (Å²) in [6.45, 7) is 0.845. The number of halogens is 3. The number of piperidine rings is 1. The van der Waals surface area contributed by atoms with Crippen LogP contribution in [0.1, 0.15) is 17.5 Å². The summed E-state index contributed by atoms with van der Waals surface area (Å²) in [5.74, 6) is -0.199. The number of benzene rings is 2. The largest absolute Gasteiger partial charge is 0.493 e. The van der Waals surface area contributed by atoms with Gasteiger partial charge in [0.1, 0.15) is 11.3 Å². The Labute approximate surface area is 213 Å². The number of fused-ring (bicyclic) bond motifs is 2. The number of anilines is 1. The molecular weight excluding hydrogens is 501 g/mol. The molecule has 11 heteroatoms. The summed E-state index contributed by atoms with van der Waals surface area (Å²) in [7, 11) is 0. The smallest absolute Gasteiger partial charge is 0.417 e. The maximum absolute atomic E-state index is 13.6. The molecule has 2 aromatic carbocycles. The number of pyridine rings is 1. The molecule has 2 N–H and O–H groups in total. The van der Waals surface area contributed by atoms with Crippen molar-refractivity contribution in [1.82, 2.24) is 4.57 Å². The third-order valence-electron chi connectivity index (χ3n) is 6.89. The second-order valence-corrected chi connectivity index (χ2v) is 9.11. The lowest BCUT2D eigenvalue weighted by atomic mass is 9.90. The molecule has 192 valence electrons. The minimum absolute atomic E-state index is 0.226. The average Bonchev–Trinajstić information content (AvgIpc) is 3.33. The molecule has 1 fully saturated rings. The highest BCUT2D eigenvalue weighted by Crippen LogP contribution is 2.38. The highest BCUT2D eigenvalue weighted by molar-refractivity contribution is 6.50. The average molecular weight is 521 g/mol. The van der Waals surface area contributed by atoms with Crippen LogP contribution in [-0.2, 0) is 22.2 Å². The fourth-order valence-corrected chi connectivity index (χ4v) is 5.08. The Morgan fingerprint density at radius 3 is 2.42 bits per heavy atom. The molecule has 0 bridgehead atoms. The molecule has 0 aliphatic carbocycles. The highest BCUT2D eigenvalue weighted by atomic mass is 19.4. The maximum atomic E-state index is 13.6. The SMILES string of the molecule is NC(=O)C1=C2CCN(c3ccc(-n4cc(C(F)(F)F)ccc4=O)cc3)C(=O)C2=[N+]1c1ccc2c(c1)CCO2. The summed E-state index contributed by atoms with van der Waals surface area (Å²) in [4.78, 5) is 39.6. The molecule has 38 heavy (non-hydrogen) atoms. The van der Waals surface area contributed by atoms with Crippen LogP contribution in [0, 0.1) is 0 Å². The second-order valence-electron chi connectivity index (χ2n) is 9.11. The van der Waals surface area contributed by atoms with Gasteiger partial charge in [-0.25, -0.2) is 0 Å². The topological polar surface area (TPSA) is 97.6 Å². The molecule has 1 saturated heterocycles. The minimum atomic E-state index is -4.59. The molecule has 1 aromatic heterocycles. The van der Waals surface area contributed by atoms with Gasteiger partial charge in [-0.3, -0.25) is 19.0 Å². The van der Waals surface area contributed by atoms with E-state index in [1.807, 2.05) is 6.07 Å². The number of primary amides is 1. The summed E-state index contributed by atoms with van der Waals surface area (Å²) in [5.41, 5.74) is 7.66. The van der Waals surface area contributed by atoms with Gasteiger partial charge in [0.25, 0.3) is 17.0 Å². The fraction of sp³-hybridized carbons (Fsp3) is 0.185. The zero-order valence-electron chi connectivity index (χ0n) is 19.8. The van der Waals surface area contributed by atoms with E-state index in [0.717, 1.165) is 40.6 Å². The van der Waals surface area contributed by atoms with Crippen molar-refractivity contribution in [1.29, 1.82) is 0 Å². The Morgan fingerprint density at radius 2 is 1.71 bits per heavy atom. The Kier molecular flexibility index (Phi) is 5.26. The van der Waals surface area contributed by atoms with Crippen LogP contribution in [0.25, 0.3) is 5.69 Å². The number of amides is 2. The first-order valence-electron chi connectivity index (χ1n) is 11.8. The normalized spacial score (nSPS) is 16.7. The molecule has 3 aromatic rings. The van der Waals surface area contributed by atoms with Crippen LogP contribution in [0.2, 0.25) is 0 Å². The molecule has 0 saturated carbocycles. The Hall–Kier alpha value is -4.67. The van der Waals surface area contributed by atoms with Gasteiger partial charge in [0.15, 0.2) is 0 Å². The van der Waals surface area contributed by atoms with Crippen molar-refractivity contribution in [3.63, 3.8) is 0 Å². The Morgan fingerprint density at radius 1 is 0.974 bits per heavy atom. The van der Waals surface area contributed by atoms with E-state index in [1.54, 1.807) is 28.8 Å². The number of rotatable bonds is 4. The first-order chi connectivity index (χ1) is 18.1. The molecule has 3 aliphatic rings. The Bertz CT molecular complexity index is 1650. The van der Waals surface area contributed by atoms with Gasteiger partial charge in [-0.1, -0.05) is 0 Å². The van der Waals surface area contributed by atoms with Crippen LogP contribution in [0.15, 0.2) is 76.9 Å². The van der Waals surface area contributed by atoms with E-state index < -0.39 is 23.2 Å². The van der Waals surface area contributed by atoms with Gasteiger partial charge in [0.2, 0.25) is 5.69 Å². The van der Waals surface area contributed by atoms with Gasteiger partial charge in [-0.2, -0.15) is 13.2 Å². The Balaban J connectivity index is 1.34. The van der Waals surface area contributed by atoms with Crippen LogP contribution < -0.4 is 20.9 Å². The van der Waals surface area contributed by atoms with Crippen LogP contribution in [0.4, 0.5) is 24.5 Å². The molecule has 2 amide bonds. The number of nitrogens with two attached hydrogens (primary N) is 1. The third-order valence-corrected chi connectivity index (χ3v) is 6.89. The van der Waals surface area contributed by atoms with E-state index in [1.165, 1.54) is 17.0 Å². The molecule has 0 unspecified atom stereocenters. The van der Waals surface area contributed by atoms with E-state index >= 15 is 0 Å². The molecule has 8 nitrogen and oxygen atoms in total. The summed E-state index contributed by atoms with van der Waals surface area (Å²) in [6.07, 6.45) is -2.73. The highest BCUT2D eigenvalue weighted by Gasteiger charge is 2.51. The third kappa shape index (κ3) is 3.69. The van der Waals surface area contributed by atoms with Crippen LogP contribution >= 0.6 is 0 Å². The second kappa shape index (κ2) is 8.44. The lowest BCUT2D eigenvalue weighted by Gasteiger charge is -2.32. The van der Waals surface area contributed by atoms with Crippen molar-refractivity contribution in [3.05, 3.63) is 93.5 Å². The summed E-state index contributed by atoms with van der Waals surface area (Å²) in [6, 6.07) is 13.1.